The van der Waals surface area contributed by atoms with Crippen LogP contribution in [0.5, 0.6) is 5.75 Å². The minimum absolute atomic E-state index is 0.0790. The summed E-state index contributed by atoms with van der Waals surface area (Å²) in [5, 5.41) is 6.52. The van der Waals surface area contributed by atoms with E-state index in [9.17, 15) is 4.79 Å². The molecule has 0 atom stereocenters. The number of hydrogen-bond acceptors (Lipinski definition) is 4. The molecular weight excluding hydrogens is 288 g/mol. The molecule has 2 N–H and O–H groups in total. The van der Waals surface area contributed by atoms with Crippen LogP contribution in [-0.2, 0) is 6.54 Å². The number of fused-ring (bicyclic) bond motifs is 1. The Hall–Kier alpha value is -2.33. The fourth-order valence-electron chi connectivity index (χ4n) is 2.59. The second-order valence-electron chi connectivity index (χ2n) is 6.44. The van der Waals surface area contributed by atoms with E-state index in [4.69, 9.17) is 4.74 Å². The fraction of sp³-hybridized carbons (Fsp3) is 0.316. The number of Topliss-reactive ketones (excluding diaryl/α,β-unsaturated/α-hetero) is 1. The predicted molar refractivity (Wildman–Crippen MR) is 92.1 cm³/mol. The first kappa shape index (κ1) is 15.6. The Kier molecular flexibility index (Phi) is 4.35. The third-order valence-corrected chi connectivity index (χ3v) is 3.85. The van der Waals surface area contributed by atoms with Crippen LogP contribution < -0.4 is 15.4 Å². The molecule has 3 rings (SSSR count). The Morgan fingerprint density at radius 1 is 1.22 bits per heavy atom. The highest BCUT2D eigenvalue weighted by molar-refractivity contribution is 5.98. The van der Waals surface area contributed by atoms with Crippen molar-refractivity contribution >= 4 is 11.5 Å². The van der Waals surface area contributed by atoms with E-state index in [0.717, 1.165) is 18.0 Å². The molecule has 0 saturated heterocycles. The molecule has 1 aliphatic heterocycles. The fourth-order valence-corrected chi connectivity index (χ4v) is 2.59. The van der Waals surface area contributed by atoms with E-state index in [2.05, 4.69) is 10.6 Å². The molecule has 4 heteroatoms. The lowest BCUT2D eigenvalue weighted by Crippen LogP contribution is -2.40. The molecule has 2 aromatic rings. The van der Waals surface area contributed by atoms with E-state index in [-0.39, 0.29) is 11.4 Å². The molecule has 0 aliphatic carbocycles. The lowest BCUT2D eigenvalue weighted by molar-refractivity contribution is 0.0990. The molecule has 23 heavy (non-hydrogen) atoms. The first-order valence-electron chi connectivity index (χ1n) is 7.88. The Morgan fingerprint density at radius 3 is 2.78 bits per heavy atom. The van der Waals surface area contributed by atoms with Gasteiger partial charge >= 0.3 is 0 Å². The number of hydrogen-bond donors (Lipinski definition) is 2. The van der Waals surface area contributed by atoms with E-state index in [1.165, 1.54) is 5.56 Å². The van der Waals surface area contributed by atoms with E-state index in [1.54, 1.807) is 0 Å². The third kappa shape index (κ3) is 3.90. The molecule has 0 radical (unpaired) electrons. The van der Waals surface area contributed by atoms with E-state index in [1.807, 2.05) is 62.4 Å². The highest BCUT2D eigenvalue weighted by atomic mass is 16.5. The Labute approximate surface area is 136 Å². The standard InChI is InChI=1S/C19H22N2O2/c1-19(2)13-21-16-10-15(8-9-18(16)23-19)17(22)12-20-11-14-6-4-3-5-7-14/h3-10,20-21H,11-13H2,1-2H3. The van der Waals surface area contributed by atoms with Gasteiger partial charge in [-0.25, -0.2) is 0 Å². The molecule has 2 aromatic carbocycles. The van der Waals surface area contributed by atoms with Crippen molar-refractivity contribution in [1.29, 1.82) is 0 Å². The van der Waals surface area contributed by atoms with Crippen molar-refractivity contribution in [3.63, 3.8) is 0 Å². The van der Waals surface area contributed by atoms with Gasteiger partial charge in [-0.3, -0.25) is 4.79 Å². The average molecular weight is 310 g/mol. The molecule has 1 aliphatic rings. The molecule has 0 amide bonds. The number of carbonyl (C=O) groups is 1. The highest BCUT2D eigenvalue weighted by Crippen LogP contribution is 2.33. The van der Waals surface area contributed by atoms with Gasteiger partial charge in [-0.15, -0.1) is 0 Å². The smallest absolute Gasteiger partial charge is 0.176 e. The highest BCUT2D eigenvalue weighted by Gasteiger charge is 2.26. The maximum atomic E-state index is 12.3. The van der Waals surface area contributed by atoms with Crippen LogP contribution in [0.2, 0.25) is 0 Å². The van der Waals surface area contributed by atoms with Crippen LogP contribution in [-0.4, -0.2) is 24.5 Å². The quantitative estimate of drug-likeness (QED) is 0.833. The van der Waals surface area contributed by atoms with Crippen LogP contribution in [0.1, 0.15) is 29.8 Å². The Morgan fingerprint density at radius 2 is 2.00 bits per heavy atom. The molecule has 0 aromatic heterocycles. The third-order valence-electron chi connectivity index (χ3n) is 3.85. The first-order chi connectivity index (χ1) is 11.0. The zero-order valence-corrected chi connectivity index (χ0v) is 13.6. The van der Waals surface area contributed by atoms with E-state index >= 15 is 0 Å². The monoisotopic (exact) mass is 310 g/mol. The predicted octanol–water partition coefficient (Wildman–Crippen LogP) is 3.24. The lowest BCUT2D eigenvalue weighted by Gasteiger charge is -2.33. The zero-order chi connectivity index (χ0) is 16.3. The topological polar surface area (TPSA) is 50.4 Å². The summed E-state index contributed by atoms with van der Waals surface area (Å²) in [6.45, 7) is 5.81. The number of anilines is 1. The molecule has 0 spiro atoms. The van der Waals surface area contributed by atoms with Crippen molar-refractivity contribution < 1.29 is 9.53 Å². The second-order valence-corrected chi connectivity index (χ2v) is 6.44. The van der Waals surface area contributed by atoms with Crippen LogP contribution in [0.25, 0.3) is 0 Å². The molecule has 0 fully saturated rings. The minimum atomic E-state index is -0.226. The Bertz CT molecular complexity index is 696. The Balaban J connectivity index is 1.60. The van der Waals surface area contributed by atoms with E-state index < -0.39 is 0 Å². The van der Waals surface area contributed by atoms with Crippen LogP contribution in [0.3, 0.4) is 0 Å². The molecule has 1 heterocycles. The van der Waals surface area contributed by atoms with Crippen molar-refractivity contribution in [3.8, 4) is 5.75 Å². The van der Waals surface area contributed by atoms with Gasteiger partial charge in [0.25, 0.3) is 0 Å². The average Bonchev–Trinajstić information content (AvgIpc) is 2.54. The van der Waals surface area contributed by atoms with Gasteiger partial charge < -0.3 is 15.4 Å². The van der Waals surface area contributed by atoms with Gasteiger partial charge in [0.1, 0.15) is 11.4 Å². The summed E-state index contributed by atoms with van der Waals surface area (Å²) in [5.74, 6) is 0.880. The van der Waals surface area contributed by atoms with Gasteiger partial charge in [-0.1, -0.05) is 30.3 Å². The van der Waals surface area contributed by atoms with Crippen molar-refractivity contribution in [1.82, 2.24) is 5.32 Å². The van der Waals surface area contributed by atoms with Gasteiger partial charge in [0.15, 0.2) is 5.78 Å². The SMILES string of the molecule is CC1(C)CNc2cc(C(=O)CNCc3ccccc3)ccc2O1. The summed E-state index contributed by atoms with van der Waals surface area (Å²) in [5.41, 5.74) is 2.52. The molecule has 0 unspecified atom stereocenters. The number of carbonyl (C=O) groups excluding carboxylic acids is 1. The maximum absolute atomic E-state index is 12.3. The minimum Gasteiger partial charge on any atom is -0.484 e. The summed E-state index contributed by atoms with van der Waals surface area (Å²) in [4.78, 5) is 12.3. The van der Waals surface area contributed by atoms with Crippen molar-refractivity contribution in [3.05, 3.63) is 59.7 Å². The van der Waals surface area contributed by atoms with Gasteiger partial charge in [0, 0.05) is 12.1 Å². The van der Waals surface area contributed by atoms with E-state index in [0.29, 0.717) is 18.7 Å². The van der Waals surface area contributed by atoms with Crippen LogP contribution in [0.4, 0.5) is 5.69 Å². The molecule has 4 nitrogen and oxygen atoms in total. The first-order valence-corrected chi connectivity index (χ1v) is 7.88. The summed E-state index contributed by atoms with van der Waals surface area (Å²) in [6.07, 6.45) is 0. The maximum Gasteiger partial charge on any atom is 0.176 e. The van der Waals surface area contributed by atoms with Crippen molar-refractivity contribution in [2.75, 3.05) is 18.4 Å². The van der Waals surface area contributed by atoms with Gasteiger partial charge in [-0.05, 0) is 37.6 Å². The number of nitrogens with one attached hydrogen (secondary N) is 2. The second kappa shape index (κ2) is 6.42. The van der Waals surface area contributed by atoms with Crippen molar-refractivity contribution in [2.24, 2.45) is 0 Å². The van der Waals surface area contributed by atoms with Crippen LogP contribution in [0, 0.1) is 0 Å². The molecular formula is C19H22N2O2. The summed E-state index contributed by atoms with van der Waals surface area (Å²) in [7, 11) is 0. The van der Waals surface area contributed by atoms with Crippen LogP contribution in [0.15, 0.2) is 48.5 Å². The number of rotatable bonds is 5. The number of benzene rings is 2. The van der Waals surface area contributed by atoms with Gasteiger partial charge in [0.2, 0.25) is 0 Å². The van der Waals surface area contributed by atoms with Gasteiger partial charge in [-0.2, -0.15) is 0 Å². The lowest BCUT2D eigenvalue weighted by atomic mass is 10.0. The van der Waals surface area contributed by atoms with Gasteiger partial charge in [0.05, 0.1) is 18.8 Å². The molecule has 0 saturated carbocycles. The number of ether oxygens (including phenoxy) is 1. The van der Waals surface area contributed by atoms with Crippen molar-refractivity contribution in [2.45, 2.75) is 26.0 Å². The normalized spacial score (nSPS) is 15.2. The largest absolute Gasteiger partial charge is 0.484 e. The van der Waals surface area contributed by atoms with Crippen LogP contribution >= 0.6 is 0 Å². The molecule has 120 valence electrons. The molecule has 0 bridgehead atoms. The summed E-state index contributed by atoms with van der Waals surface area (Å²) in [6, 6.07) is 15.6. The summed E-state index contributed by atoms with van der Waals surface area (Å²) < 4.78 is 5.90. The zero-order valence-electron chi connectivity index (χ0n) is 13.6. The number of ketones is 1. The summed E-state index contributed by atoms with van der Waals surface area (Å²) >= 11 is 0.